The topological polar surface area (TPSA) is 99.8 Å². The molecule has 8 atom stereocenters. The Morgan fingerprint density at radius 2 is 1.87 bits per heavy atom. The molecule has 1 aromatic rings. The summed E-state index contributed by atoms with van der Waals surface area (Å²) < 4.78 is 34.8. The molecule has 1 amide bonds. The normalized spacial score (nSPS) is 34.2. The zero-order valence-corrected chi connectivity index (χ0v) is 28.0. The summed E-state index contributed by atoms with van der Waals surface area (Å²) in [6.45, 7) is 10.2. The van der Waals surface area contributed by atoms with Gasteiger partial charge in [-0.05, 0) is 66.4 Å². The van der Waals surface area contributed by atoms with E-state index in [1.165, 1.54) is 5.56 Å². The summed E-state index contributed by atoms with van der Waals surface area (Å²) in [4.78, 5) is 15.6. The van der Waals surface area contributed by atoms with E-state index < -0.39 is 0 Å². The fraction of sp³-hybridized carbons (Fsp3) is 0.806. The van der Waals surface area contributed by atoms with Crippen LogP contribution in [0.4, 0.5) is 0 Å². The molecule has 2 aliphatic carbocycles. The van der Waals surface area contributed by atoms with Gasteiger partial charge in [0.2, 0.25) is 5.91 Å². The van der Waals surface area contributed by atoms with Crippen molar-refractivity contribution in [2.45, 2.75) is 62.9 Å². The highest BCUT2D eigenvalue weighted by Gasteiger charge is 2.54. The average Bonchev–Trinajstić information content (AvgIpc) is 3.47. The number of nitrogens with zero attached hydrogens (tertiary/aromatic N) is 1. The Balaban J connectivity index is 1.07. The third-order valence-electron chi connectivity index (χ3n) is 11.2. The Labute approximate surface area is 275 Å². The molecule has 0 spiro atoms. The number of benzene rings is 1. The van der Waals surface area contributed by atoms with Crippen molar-refractivity contribution in [2.75, 3.05) is 93.2 Å². The van der Waals surface area contributed by atoms with E-state index in [1.807, 2.05) is 0 Å². The molecular weight excluding hydrogens is 586 g/mol. The highest BCUT2D eigenvalue weighted by molar-refractivity contribution is 5.76. The first kappa shape index (κ1) is 34.2. The molecule has 258 valence electrons. The lowest BCUT2D eigenvalue weighted by molar-refractivity contribution is -0.122. The molecule has 5 fully saturated rings. The molecule has 2 saturated carbocycles. The minimum Gasteiger partial charge on any atom is -0.385 e. The summed E-state index contributed by atoms with van der Waals surface area (Å²) >= 11 is 0. The van der Waals surface area contributed by atoms with Crippen LogP contribution in [-0.2, 0) is 39.8 Å². The van der Waals surface area contributed by atoms with Crippen LogP contribution in [0.15, 0.2) is 24.3 Å². The molecule has 6 rings (SSSR count). The molecule has 5 aliphatic rings. The van der Waals surface area contributed by atoms with Crippen molar-refractivity contribution in [3.8, 4) is 0 Å². The lowest BCUT2D eigenvalue weighted by Gasteiger charge is -2.46. The first-order chi connectivity index (χ1) is 22.6. The van der Waals surface area contributed by atoms with Gasteiger partial charge in [0.1, 0.15) is 0 Å². The Morgan fingerprint density at radius 1 is 1.04 bits per heavy atom. The van der Waals surface area contributed by atoms with E-state index >= 15 is 0 Å². The van der Waals surface area contributed by atoms with Crippen molar-refractivity contribution in [1.29, 1.82) is 0 Å². The number of hydrogen-bond donors (Lipinski definition) is 2. The first-order valence-electron chi connectivity index (χ1n) is 17.8. The third-order valence-corrected chi connectivity index (χ3v) is 11.2. The van der Waals surface area contributed by atoms with E-state index in [2.05, 4.69) is 39.8 Å². The van der Waals surface area contributed by atoms with E-state index in [0.717, 1.165) is 90.5 Å². The Kier molecular flexibility index (Phi) is 12.8. The SMILES string of the molecule is COCCCN1CCOC2CCC(COC3CNCC(CNC(=O)CC4C5COCC54)C3c3ccc(COCCOC)cc3)CC21. The van der Waals surface area contributed by atoms with Crippen LogP contribution in [0, 0.1) is 29.6 Å². The third kappa shape index (κ3) is 8.88. The number of methoxy groups -OCH3 is 2. The zero-order chi connectivity index (χ0) is 31.7. The standard InChI is InChI=1S/C36H57N3O7/c1-41-12-3-10-39-11-13-45-33-9-6-26(16-32(33)39)22-46-34-20-37-18-28(19-38-35(40)17-29-30-23-44-24-31(29)30)36(34)27-7-4-25(5-8-27)21-43-15-14-42-2/h4-5,7-8,26,28-34,36-37H,3,6,9-24H2,1-2H3,(H,38,40). The van der Waals surface area contributed by atoms with Gasteiger partial charge in [-0.2, -0.15) is 0 Å². The van der Waals surface area contributed by atoms with Crippen molar-refractivity contribution >= 4 is 5.91 Å². The van der Waals surface area contributed by atoms with Crippen LogP contribution in [-0.4, -0.2) is 122 Å². The molecule has 3 saturated heterocycles. The number of carbonyl (C=O) groups excluding carboxylic acids is 1. The van der Waals surface area contributed by atoms with Crippen LogP contribution < -0.4 is 10.6 Å². The fourth-order valence-corrected chi connectivity index (χ4v) is 8.55. The van der Waals surface area contributed by atoms with Gasteiger partial charge in [-0.15, -0.1) is 0 Å². The highest BCUT2D eigenvalue weighted by Crippen LogP contribution is 2.52. The summed E-state index contributed by atoms with van der Waals surface area (Å²) in [5.74, 6) is 2.82. The lowest BCUT2D eigenvalue weighted by Crippen LogP contribution is -2.55. The highest BCUT2D eigenvalue weighted by atomic mass is 16.5. The Bertz CT molecular complexity index is 1070. The summed E-state index contributed by atoms with van der Waals surface area (Å²) in [5, 5.41) is 6.96. The lowest BCUT2D eigenvalue weighted by atomic mass is 9.78. The minimum atomic E-state index is 0.0394. The molecule has 8 unspecified atom stereocenters. The van der Waals surface area contributed by atoms with Gasteiger partial charge in [-0.3, -0.25) is 9.69 Å². The van der Waals surface area contributed by atoms with E-state index in [0.29, 0.717) is 68.6 Å². The maximum atomic E-state index is 13.0. The molecule has 0 radical (unpaired) electrons. The smallest absolute Gasteiger partial charge is 0.220 e. The fourth-order valence-electron chi connectivity index (χ4n) is 8.55. The number of fused-ring (bicyclic) bond motifs is 2. The maximum absolute atomic E-state index is 13.0. The summed E-state index contributed by atoms with van der Waals surface area (Å²) in [5.41, 5.74) is 2.42. The average molecular weight is 644 g/mol. The van der Waals surface area contributed by atoms with E-state index in [-0.39, 0.29) is 23.8 Å². The summed E-state index contributed by atoms with van der Waals surface area (Å²) in [6.07, 6.45) is 5.42. The van der Waals surface area contributed by atoms with Gasteiger partial charge in [0, 0.05) is 78.5 Å². The number of morpholine rings is 1. The second-order valence-corrected chi connectivity index (χ2v) is 14.2. The van der Waals surface area contributed by atoms with Crippen LogP contribution in [0.3, 0.4) is 0 Å². The van der Waals surface area contributed by atoms with Gasteiger partial charge in [-0.1, -0.05) is 24.3 Å². The van der Waals surface area contributed by atoms with Crippen LogP contribution in [0.25, 0.3) is 0 Å². The van der Waals surface area contributed by atoms with Crippen molar-refractivity contribution in [2.24, 2.45) is 29.6 Å². The van der Waals surface area contributed by atoms with Crippen molar-refractivity contribution < 1.29 is 33.2 Å². The molecule has 1 aromatic carbocycles. The van der Waals surface area contributed by atoms with Gasteiger partial charge in [0.05, 0.1) is 51.8 Å². The second-order valence-electron chi connectivity index (χ2n) is 14.2. The number of hydrogen-bond acceptors (Lipinski definition) is 9. The van der Waals surface area contributed by atoms with Crippen LogP contribution >= 0.6 is 0 Å². The molecule has 2 N–H and O–H groups in total. The minimum absolute atomic E-state index is 0.0394. The van der Waals surface area contributed by atoms with Crippen molar-refractivity contribution in [3.05, 3.63) is 35.4 Å². The number of piperidine rings is 1. The predicted molar refractivity (Wildman–Crippen MR) is 175 cm³/mol. The van der Waals surface area contributed by atoms with Crippen molar-refractivity contribution in [1.82, 2.24) is 15.5 Å². The van der Waals surface area contributed by atoms with Gasteiger partial charge in [-0.25, -0.2) is 0 Å². The van der Waals surface area contributed by atoms with Gasteiger partial charge < -0.3 is 39.1 Å². The van der Waals surface area contributed by atoms with E-state index in [1.54, 1.807) is 14.2 Å². The molecule has 3 aliphatic heterocycles. The molecule has 10 heteroatoms. The van der Waals surface area contributed by atoms with Gasteiger partial charge in [0.25, 0.3) is 0 Å². The maximum Gasteiger partial charge on any atom is 0.220 e. The molecule has 0 bridgehead atoms. The Hall–Kier alpha value is -1.63. The predicted octanol–water partition coefficient (Wildman–Crippen LogP) is 2.84. The summed E-state index contributed by atoms with van der Waals surface area (Å²) in [7, 11) is 3.47. The zero-order valence-electron chi connectivity index (χ0n) is 28.0. The van der Waals surface area contributed by atoms with Crippen LogP contribution in [0.2, 0.25) is 0 Å². The largest absolute Gasteiger partial charge is 0.385 e. The number of amides is 1. The van der Waals surface area contributed by atoms with Crippen LogP contribution in [0.5, 0.6) is 0 Å². The van der Waals surface area contributed by atoms with Crippen molar-refractivity contribution in [3.63, 3.8) is 0 Å². The molecule has 46 heavy (non-hydrogen) atoms. The second kappa shape index (κ2) is 17.2. The van der Waals surface area contributed by atoms with Gasteiger partial charge >= 0.3 is 0 Å². The van der Waals surface area contributed by atoms with Crippen LogP contribution in [0.1, 0.15) is 49.1 Å². The van der Waals surface area contributed by atoms with E-state index in [4.69, 9.17) is 28.4 Å². The van der Waals surface area contributed by atoms with E-state index in [9.17, 15) is 4.79 Å². The summed E-state index contributed by atoms with van der Waals surface area (Å²) in [6, 6.07) is 9.29. The molecule has 3 heterocycles. The monoisotopic (exact) mass is 643 g/mol. The number of carbonyl (C=O) groups is 1. The van der Waals surface area contributed by atoms with Gasteiger partial charge in [0.15, 0.2) is 0 Å². The molecule has 10 nitrogen and oxygen atoms in total. The first-order valence-corrected chi connectivity index (χ1v) is 17.8. The molecule has 0 aromatic heterocycles. The quantitative estimate of drug-likeness (QED) is 0.249. The Morgan fingerprint density at radius 3 is 2.67 bits per heavy atom. The number of ether oxygens (including phenoxy) is 6. The molecular formula is C36H57N3O7. The number of rotatable bonds is 17. The number of nitrogens with one attached hydrogen (secondary N) is 2.